The number of anilines is 1. The maximum atomic E-state index is 11.7. The number of hydrogen-bond donors (Lipinski definition) is 1. The van der Waals surface area contributed by atoms with E-state index in [1.165, 1.54) is 18.4 Å². The number of nitrogens with one attached hydrogen (secondary N) is 1. The molecular formula is C14H21N3O2S. The number of aromatic nitrogens is 1. The fourth-order valence-electron chi connectivity index (χ4n) is 2.57. The minimum Gasteiger partial charge on any atom is -0.369 e. The Morgan fingerprint density at radius 3 is 2.95 bits per heavy atom. The second-order valence-corrected chi connectivity index (χ2v) is 7.96. The number of sulfone groups is 1. The molecule has 5 nitrogen and oxygen atoms in total. The van der Waals surface area contributed by atoms with Crippen molar-refractivity contribution in [2.45, 2.75) is 31.8 Å². The summed E-state index contributed by atoms with van der Waals surface area (Å²) < 4.78 is 23.4. The summed E-state index contributed by atoms with van der Waals surface area (Å²) >= 11 is 0. The van der Waals surface area contributed by atoms with Gasteiger partial charge in [0.05, 0.1) is 23.4 Å². The zero-order valence-electron chi connectivity index (χ0n) is 11.6. The topological polar surface area (TPSA) is 62.3 Å². The first-order valence-electron chi connectivity index (χ1n) is 7.26. The fraction of sp³-hybridized carbons (Fsp3) is 0.643. The summed E-state index contributed by atoms with van der Waals surface area (Å²) in [6, 6.07) is 2.70. The van der Waals surface area contributed by atoms with E-state index >= 15 is 0 Å². The molecule has 0 spiro atoms. The van der Waals surface area contributed by atoms with E-state index in [2.05, 4.69) is 15.2 Å². The Morgan fingerprint density at radius 1 is 1.30 bits per heavy atom. The molecule has 1 aromatic heterocycles. The molecule has 0 atom stereocenters. The van der Waals surface area contributed by atoms with Crippen molar-refractivity contribution in [1.82, 2.24) is 10.3 Å². The molecule has 20 heavy (non-hydrogen) atoms. The highest BCUT2D eigenvalue weighted by atomic mass is 32.2. The Morgan fingerprint density at radius 2 is 2.15 bits per heavy atom. The Hall–Kier alpha value is -1.14. The molecule has 6 heteroatoms. The first kappa shape index (κ1) is 13.8. The molecule has 0 amide bonds. The van der Waals surface area contributed by atoms with Crippen LogP contribution in [0, 0.1) is 0 Å². The molecule has 2 heterocycles. The quantitative estimate of drug-likeness (QED) is 0.896. The van der Waals surface area contributed by atoms with Crippen molar-refractivity contribution in [2.75, 3.05) is 29.5 Å². The van der Waals surface area contributed by atoms with E-state index in [0.717, 1.165) is 18.8 Å². The van der Waals surface area contributed by atoms with Crippen molar-refractivity contribution in [3.63, 3.8) is 0 Å². The number of hydrogen-bond acceptors (Lipinski definition) is 5. The number of nitrogens with zero attached hydrogens (tertiary/aromatic N) is 2. The van der Waals surface area contributed by atoms with Gasteiger partial charge < -0.3 is 10.2 Å². The molecule has 0 radical (unpaired) electrons. The minimum atomic E-state index is -2.87. The molecule has 0 unspecified atom stereocenters. The van der Waals surface area contributed by atoms with Crippen LogP contribution in [0.15, 0.2) is 18.5 Å². The van der Waals surface area contributed by atoms with Crippen molar-refractivity contribution in [3.05, 3.63) is 24.0 Å². The highest BCUT2D eigenvalue weighted by Crippen LogP contribution is 2.24. The van der Waals surface area contributed by atoms with Crippen LogP contribution in [0.25, 0.3) is 0 Å². The Bertz CT molecular complexity index is 570. The van der Waals surface area contributed by atoms with Gasteiger partial charge in [0.2, 0.25) is 0 Å². The van der Waals surface area contributed by atoms with Crippen LogP contribution in [0.1, 0.15) is 24.8 Å². The monoisotopic (exact) mass is 295 g/mol. The standard InChI is InChI=1S/C14H21N3O2S/c18-20(19)8-1-6-17(7-9-20)14-11-15-5-4-12(14)10-16-13-2-3-13/h4-5,11,13,16H,1-3,6-10H2. The molecule has 3 rings (SSSR count). The maximum Gasteiger partial charge on any atom is 0.152 e. The number of pyridine rings is 1. The van der Waals surface area contributed by atoms with Crippen LogP contribution in [-0.4, -0.2) is 44.0 Å². The lowest BCUT2D eigenvalue weighted by molar-refractivity contribution is 0.597. The van der Waals surface area contributed by atoms with Crippen molar-refractivity contribution >= 4 is 15.5 Å². The summed E-state index contributed by atoms with van der Waals surface area (Å²) in [7, 11) is -2.87. The van der Waals surface area contributed by atoms with Gasteiger partial charge in [-0.3, -0.25) is 4.98 Å². The summed E-state index contributed by atoms with van der Waals surface area (Å²) in [5, 5.41) is 3.51. The average molecular weight is 295 g/mol. The summed E-state index contributed by atoms with van der Waals surface area (Å²) in [5.74, 6) is 0.552. The number of rotatable bonds is 4. The molecule has 1 N–H and O–H groups in total. The van der Waals surface area contributed by atoms with E-state index in [1.54, 1.807) is 0 Å². The predicted octanol–water partition coefficient (Wildman–Crippen LogP) is 0.958. The lowest BCUT2D eigenvalue weighted by Crippen LogP contribution is -2.29. The van der Waals surface area contributed by atoms with Crippen LogP contribution < -0.4 is 10.2 Å². The summed E-state index contributed by atoms with van der Waals surface area (Å²) in [6.45, 7) is 2.21. The molecule has 2 aliphatic rings. The largest absolute Gasteiger partial charge is 0.369 e. The molecule has 2 fully saturated rings. The van der Waals surface area contributed by atoms with Crippen LogP contribution in [-0.2, 0) is 16.4 Å². The highest BCUT2D eigenvalue weighted by Gasteiger charge is 2.23. The molecule has 1 saturated carbocycles. The molecule has 1 saturated heterocycles. The first-order chi connectivity index (χ1) is 9.64. The van der Waals surface area contributed by atoms with Crippen LogP contribution in [0.5, 0.6) is 0 Å². The van der Waals surface area contributed by atoms with Crippen LogP contribution in [0.2, 0.25) is 0 Å². The molecule has 0 aromatic carbocycles. The van der Waals surface area contributed by atoms with Crippen molar-refractivity contribution in [2.24, 2.45) is 0 Å². The molecule has 0 bridgehead atoms. The molecule has 110 valence electrons. The van der Waals surface area contributed by atoms with Gasteiger partial charge in [0, 0.05) is 31.9 Å². The van der Waals surface area contributed by atoms with Gasteiger partial charge in [-0.25, -0.2) is 8.42 Å². The highest BCUT2D eigenvalue weighted by molar-refractivity contribution is 7.91. The van der Waals surface area contributed by atoms with Gasteiger partial charge in [-0.15, -0.1) is 0 Å². The van der Waals surface area contributed by atoms with E-state index in [4.69, 9.17) is 0 Å². The third kappa shape index (κ3) is 3.49. The molecule has 1 aliphatic heterocycles. The van der Waals surface area contributed by atoms with Gasteiger partial charge in [-0.05, 0) is 30.9 Å². The fourth-order valence-corrected chi connectivity index (χ4v) is 3.84. The van der Waals surface area contributed by atoms with Crippen molar-refractivity contribution < 1.29 is 8.42 Å². The second-order valence-electron chi connectivity index (χ2n) is 5.65. The predicted molar refractivity (Wildman–Crippen MR) is 79.6 cm³/mol. The van der Waals surface area contributed by atoms with Crippen LogP contribution in [0.4, 0.5) is 5.69 Å². The second kappa shape index (κ2) is 5.69. The average Bonchev–Trinajstić information content (AvgIpc) is 3.25. The van der Waals surface area contributed by atoms with Gasteiger partial charge in [-0.2, -0.15) is 0 Å². The first-order valence-corrected chi connectivity index (χ1v) is 9.08. The van der Waals surface area contributed by atoms with E-state index in [9.17, 15) is 8.42 Å². The van der Waals surface area contributed by atoms with E-state index in [0.29, 0.717) is 24.8 Å². The third-order valence-electron chi connectivity index (χ3n) is 3.94. The summed E-state index contributed by atoms with van der Waals surface area (Å²) in [4.78, 5) is 6.38. The third-order valence-corrected chi connectivity index (χ3v) is 5.66. The Kier molecular flexibility index (Phi) is 3.94. The normalized spacial score (nSPS) is 22.5. The Balaban J connectivity index is 1.74. The zero-order chi connectivity index (χ0) is 14.0. The van der Waals surface area contributed by atoms with Gasteiger partial charge in [0.15, 0.2) is 9.84 Å². The SMILES string of the molecule is O=S1(=O)CCCN(c2cnccc2CNC2CC2)CC1. The van der Waals surface area contributed by atoms with Crippen LogP contribution >= 0.6 is 0 Å². The minimum absolute atomic E-state index is 0.247. The summed E-state index contributed by atoms with van der Waals surface area (Å²) in [6.07, 6.45) is 6.90. The molecule has 1 aromatic rings. The van der Waals surface area contributed by atoms with Crippen molar-refractivity contribution in [1.29, 1.82) is 0 Å². The van der Waals surface area contributed by atoms with E-state index < -0.39 is 9.84 Å². The lowest BCUT2D eigenvalue weighted by atomic mass is 10.2. The van der Waals surface area contributed by atoms with Gasteiger partial charge >= 0.3 is 0 Å². The van der Waals surface area contributed by atoms with E-state index in [-0.39, 0.29) is 5.75 Å². The van der Waals surface area contributed by atoms with Gasteiger partial charge in [0.1, 0.15) is 0 Å². The molecule has 1 aliphatic carbocycles. The Labute approximate surface area is 120 Å². The van der Waals surface area contributed by atoms with Gasteiger partial charge in [-0.1, -0.05) is 0 Å². The zero-order valence-corrected chi connectivity index (χ0v) is 12.4. The summed E-state index contributed by atoms with van der Waals surface area (Å²) in [5.41, 5.74) is 2.30. The molecular weight excluding hydrogens is 274 g/mol. The van der Waals surface area contributed by atoms with Gasteiger partial charge in [0.25, 0.3) is 0 Å². The van der Waals surface area contributed by atoms with Crippen molar-refractivity contribution in [3.8, 4) is 0 Å². The van der Waals surface area contributed by atoms with E-state index in [1.807, 2.05) is 18.5 Å². The smallest absolute Gasteiger partial charge is 0.152 e. The lowest BCUT2D eigenvalue weighted by Gasteiger charge is -2.24. The maximum absolute atomic E-state index is 11.7. The van der Waals surface area contributed by atoms with Crippen LogP contribution in [0.3, 0.4) is 0 Å².